The molecule has 3 aromatic rings. The number of thiazole rings is 1. The number of benzene rings is 2. The monoisotopic (exact) mass is 391 g/mol. The van der Waals surface area contributed by atoms with Gasteiger partial charge in [0.05, 0.1) is 16.0 Å². The third-order valence-electron chi connectivity index (χ3n) is 3.14. The van der Waals surface area contributed by atoms with Crippen LogP contribution in [0.5, 0.6) is 0 Å². The summed E-state index contributed by atoms with van der Waals surface area (Å²) in [4.78, 5) is 28.4. The molecule has 0 fully saturated rings. The van der Waals surface area contributed by atoms with E-state index in [9.17, 15) is 9.59 Å². The smallest absolute Gasteiger partial charge is 0.236 e. The predicted molar refractivity (Wildman–Crippen MR) is 105 cm³/mol. The first-order valence-electron chi connectivity index (χ1n) is 7.36. The number of fused-ring (bicyclic) bond motifs is 1. The molecule has 0 bridgehead atoms. The highest BCUT2D eigenvalue weighted by molar-refractivity contribution is 8.00. The van der Waals surface area contributed by atoms with Crippen LogP contribution >= 0.6 is 34.7 Å². The third kappa shape index (κ3) is 4.94. The lowest BCUT2D eigenvalue weighted by atomic mass is 10.3. The van der Waals surface area contributed by atoms with E-state index >= 15 is 0 Å². The van der Waals surface area contributed by atoms with Crippen LogP contribution in [0.3, 0.4) is 0 Å². The summed E-state index contributed by atoms with van der Waals surface area (Å²) in [6.45, 7) is 1.46. The standard InChI is InChI=1S/C17H14ClN3O2S2/c1-10(22)19-12-3-5-13(6-4-12)24-9-16(23)21-17-20-14-7-2-11(18)8-15(14)25-17/h2-8H,9H2,1H3,(H,19,22)(H,20,21,23). The number of rotatable bonds is 5. The van der Waals surface area contributed by atoms with Crippen molar-refractivity contribution in [3.8, 4) is 0 Å². The summed E-state index contributed by atoms with van der Waals surface area (Å²) in [5.41, 5.74) is 1.54. The molecule has 1 aromatic heterocycles. The Morgan fingerprint density at radius 3 is 2.64 bits per heavy atom. The summed E-state index contributed by atoms with van der Waals surface area (Å²) in [5.74, 6) is 0.0360. The number of thioether (sulfide) groups is 1. The van der Waals surface area contributed by atoms with E-state index in [0.29, 0.717) is 10.2 Å². The molecular weight excluding hydrogens is 378 g/mol. The molecule has 0 atom stereocenters. The molecule has 0 spiro atoms. The first-order chi connectivity index (χ1) is 12.0. The lowest BCUT2D eigenvalue weighted by Gasteiger charge is -2.04. The summed E-state index contributed by atoms with van der Waals surface area (Å²) in [6.07, 6.45) is 0. The van der Waals surface area contributed by atoms with Crippen molar-refractivity contribution >= 4 is 67.5 Å². The molecule has 0 unspecified atom stereocenters. The number of carbonyl (C=O) groups is 2. The van der Waals surface area contributed by atoms with Crippen molar-refractivity contribution < 1.29 is 9.59 Å². The number of anilines is 2. The van der Waals surface area contributed by atoms with E-state index in [4.69, 9.17) is 11.6 Å². The Balaban J connectivity index is 1.55. The fraction of sp³-hybridized carbons (Fsp3) is 0.118. The quantitative estimate of drug-likeness (QED) is 0.621. The van der Waals surface area contributed by atoms with Gasteiger partial charge >= 0.3 is 0 Å². The highest BCUT2D eigenvalue weighted by atomic mass is 35.5. The molecule has 25 heavy (non-hydrogen) atoms. The van der Waals surface area contributed by atoms with E-state index in [1.807, 2.05) is 24.3 Å². The van der Waals surface area contributed by atoms with Crippen LogP contribution < -0.4 is 10.6 Å². The first-order valence-corrected chi connectivity index (χ1v) is 9.54. The molecule has 8 heteroatoms. The van der Waals surface area contributed by atoms with Crippen molar-refractivity contribution in [2.24, 2.45) is 0 Å². The van der Waals surface area contributed by atoms with Gasteiger partial charge in [-0.05, 0) is 42.5 Å². The lowest BCUT2D eigenvalue weighted by molar-refractivity contribution is -0.114. The van der Waals surface area contributed by atoms with Gasteiger partial charge in [0.25, 0.3) is 0 Å². The fourth-order valence-electron chi connectivity index (χ4n) is 2.09. The van der Waals surface area contributed by atoms with Crippen LogP contribution in [0.2, 0.25) is 5.02 Å². The number of hydrogen-bond acceptors (Lipinski definition) is 5. The molecule has 0 saturated heterocycles. The second-order valence-corrected chi connectivity index (χ2v) is 7.69. The summed E-state index contributed by atoms with van der Waals surface area (Å²) in [6, 6.07) is 12.8. The van der Waals surface area contributed by atoms with Crippen LogP contribution in [0, 0.1) is 0 Å². The van der Waals surface area contributed by atoms with Gasteiger partial charge in [-0.25, -0.2) is 4.98 Å². The Morgan fingerprint density at radius 2 is 1.92 bits per heavy atom. The van der Waals surface area contributed by atoms with Gasteiger partial charge in [0.1, 0.15) is 0 Å². The van der Waals surface area contributed by atoms with Crippen LogP contribution in [0.1, 0.15) is 6.92 Å². The molecule has 1 heterocycles. The first kappa shape index (κ1) is 17.7. The topological polar surface area (TPSA) is 71.1 Å². The minimum absolute atomic E-state index is 0.114. The minimum Gasteiger partial charge on any atom is -0.326 e. The molecule has 2 N–H and O–H groups in total. The zero-order chi connectivity index (χ0) is 17.8. The molecule has 5 nitrogen and oxygen atoms in total. The Morgan fingerprint density at radius 1 is 1.16 bits per heavy atom. The van der Waals surface area contributed by atoms with E-state index in [0.717, 1.165) is 20.8 Å². The second-order valence-electron chi connectivity index (χ2n) is 5.17. The van der Waals surface area contributed by atoms with Gasteiger partial charge in [0, 0.05) is 22.5 Å². The fourth-order valence-corrected chi connectivity index (χ4v) is 3.95. The van der Waals surface area contributed by atoms with Crippen molar-refractivity contribution in [3.63, 3.8) is 0 Å². The zero-order valence-electron chi connectivity index (χ0n) is 13.2. The summed E-state index contributed by atoms with van der Waals surface area (Å²) >= 11 is 8.76. The van der Waals surface area contributed by atoms with Crippen LogP contribution in [-0.4, -0.2) is 22.6 Å². The van der Waals surface area contributed by atoms with E-state index in [-0.39, 0.29) is 17.6 Å². The Kier molecular flexibility index (Phi) is 5.57. The third-order valence-corrected chi connectivity index (χ3v) is 5.32. The molecule has 0 radical (unpaired) electrons. The molecule has 2 amide bonds. The van der Waals surface area contributed by atoms with Gasteiger partial charge in [-0.2, -0.15) is 0 Å². The van der Waals surface area contributed by atoms with E-state index < -0.39 is 0 Å². The van der Waals surface area contributed by atoms with Gasteiger partial charge in [0.2, 0.25) is 11.8 Å². The predicted octanol–water partition coefficient (Wildman–Crippen LogP) is 4.64. The van der Waals surface area contributed by atoms with Gasteiger partial charge in [-0.1, -0.05) is 22.9 Å². The number of amides is 2. The van der Waals surface area contributed by atoms with Crippen LogP contribution in [0.25, 0.3) is 10.2 Å². The van der Waals surface area contributed by atoms with E-state index in [1.54, 1.807) is 18.2 Å². The molecule has 0 saturated carbocycles. The summed E-state index contributed by atoms with van der Waals surface area (Å²) in [7, 11) is 0. The molecule has 0 aliphatic heterocycles. The number of nitrogens with one attached hydrogen (secondary N) is 2. The summed E-state index contributed by atoms with van der Waals surface area (Å²) < 4.78 is 0.934. The maximum Gasteiger partial charge on any atom is 0.236 e. The van der Waals surface area contributed by atoms with Crippen molar-refractivity contribution in [2.45, 2.75) is 11.8 Å². The second kappa shape index (κ2) is 7.86. The maximum absolute atomic E-state index is 12.1. The van der Waals surface area contributed by atoms with Crippen molar-refractivity contribution in [1.29, 1.82) is 0 Å². The minimum atomic E-state index is -0.124. The number of aromatic nitrogens is 1. The van der Waals surface area contributed by atoms with Crippen molar-refractivity contribution in [1.82, 2.24) is 4.98 Å². The number of halogens is 1. The van der Waals surface area contributed by atoms with Crippen LogP contribution in [-0.2, 0) is 9.59 Å². The number of hydrogen-bond donors (Lipinski definition) is 2. The maximum atomic E-state index is 12.1. The average Bonchev–Trinajstić information content (AvgIpc) is 2.95. The van der Waals surface area contributed by atoms with Crippen molar-refractivity contribution in [3.05, 3.63) is 47.5 Å². The van der Waals surface area contributed by atoms with Crippen LogP contribution in [0.15, 0.2) is 47.4 Å². The normalized spacial score (nSPS) is 10.6. The molecule has 0 aliphatic carbocycles. The summed E-state index contributed by atoms with van der Waals surface area (Å²) in [5, 5.41) is 6.71. The molecule has 0 aliphatic rings. The largest absolute Gasteiger partial charge is 0.326 e. The van der Waals surface area contributed by atoms with Gasteiger partial charge in [0.15, 0.2) is 5.13 Å². The Labute approximate surface area is 157 Å². The molecule has 128 valence electrons. The SMILES string of the molecule is CC(=O)Nc1ccc(SCC(=O)Nc2nc3ccc(Cl)cc3s2)cc1. The van der Waals surface area contributed by atoms with Crippen LogP contribution in [0.4, 0.5) is 10.8 Å². The average molecular weight is 392 g/mol. The van der Waals surface area contributed by atoms with E-state index in [2.05, 4.69) is 15.6 Å². The van der Waals surface area contributed by atoms with E-state index in [1.165, 1.54) is 30.0 Å². The number of carbonyl (C=O) groups excluding carboxylic acids is 2. The highest BCUT2D eigenvalue weighted by Gasteiger charge is 2.09. The lowest BCUT2D eigenvalue weighted by Crippen LogP contribution is -2.13. The molecular formula is C17H14ClN3O2S2. The van der Waals surface area contributed by atoms with Gasteiger partial charge in [-0.3, -0.25) is 9.59 Å². The zero-order valence-corrected chi connectivity index (χ0v) is 15.6. The highest BCUT2D eigenvalue weighted by Crippen LogP contribution is 2.28. The van der Waals surface area contributed by atoms with Gasteiger partial charge in [-0.15, -0.1) is 11.8 Å². The molecule has 2 aromatic carbocycles. The van der Waals surface area contributed by atoms with Crippen molar-refractivity contribution in [2.75, 3.05) is 16.4 Å². The number of nitrogens with zero attached hydrogens (tertiary/aromatic N) is 1. The van der Waals surface area contributed by atoms with Gasteiger partial charge < -0.3 is 10.6 Å². The Hall–Kier alpha value is -2.09. The Bertz CT molecular complexity index is 925. The molecule has 3 rings (SSSR count).